The number of carboxylic acid groups (broad SMARTS) is 2. The highest BCUT2D eigenvalue weighted by Crippen LogP contribution is 2.21. The summed E-state index contributed by atoms with van der Waals surface area (Å²) < 4.78 is 45.1. The Hall–Kier alpha value is -3.51. The third kappa shape index (κ3) is 6.25. The van der Waals surface area contributed by atoms with E-state index in [9.17, 15) is 17.6 Å². The number of carbonyl (C=O) groups excluding carboxylic acids is 1. The summed E-state index contributed by atoms with van der Waals surface area (Å²) in [5.41, 5.74) is 0.261. The van der Waals surface area contributed by atoms with E-state index in [1.165, 1.54) is 46.6 Å². The van der Waals surface area contributed by atoms with E-state index in [0.717, 1.165) is 0 Å². The third-order valence-electron chi connectivity index (χ3n) is 4.48. The van der Waals surface area contributed by atoms with E-state index in [-0.39, 0.29) is 42.5 Å². The van der Waals surface area contributed by atoms with Crippen LogP contribution < -0.4 is 4.74 Å². The van der Waals surface area contributed by atoms with Gasteiger partial charge in [0.05, 0.1) is 12.0 Å². The molecule has 3 rings (SSSR count). The normalized spacial score (nSPS) is 14.1. The summed E-state index contributed by atoms with van der Waals surface area (Å²) in [7, 11) is -2.12. The Kier molecular flexibility index (Phi) is 8.27. The van der Waals surface area contributed by atoms with E-state index in [4.69, 9.17) is 24.5 Å². The number of aliphatic carboxylic acids is 2. The number of carbonyl (C=O) groups is 3. The van der Waals surface area contributed by atoms with Gasteiger partial charge in [-0.2, -0.15) is 4.31 Å². The zero-order valence-electron chi connectivity index (χ0n) is 17.0. The number of hydrogen-bond donors (Lipinski definition) is 2. The lowest BCUT2D eigenvalue weighted by Gasteiger charge is -2.34. The van der Waals surface area contributed by atoms with E-state index < -0.39 is 27.8 Å². The Balaban J connectivity index is 0.000000534. The molecule has 0 aromatic heterocycles. The molecule has 2 aromatic rings. The molecule has 0 unspecified atom stereocenters. The third-order valence-corrected chi connectivity index (χ3v) is 6.39. The van der Waals surface area contributed by atoms with Gasteiger partial charge < -0.3 is 19.8 Å². The molecule has 0 aliphatic carbocycles. The molecule has 10 nitrogen and oxygen atoms in total. The summed E-state index contributed by atoms with van der Waals surface area (Å²) in [5.74, 6) is -3.85. The minimum Gasteiger partial charge on any atom is -0.497 e. The highest BCUT2D eigenvalue weighted by Gasteiger charge is 2.30. The van der Waals surface area contributed by atoms with Gasteiger partial charge in [-0.25, -0.2) is 22.4 Å². The maximum absolute atomic E-state index is 13.3. The van der Waals surface area contributed by atoms with Gasteiger partial charge in [-0.3, -0.25) is 4.79 Å². The summed E-state index contributed by atoms with van der Waals surface area (Å²) in [5, 5.41) is 14.8. The molecular formula is C20H21FN2O8S. The van der Waals surface area contributed by atoms with Gasteiger partial charge in [-0.1, -0.05) is 6.07 Å². The molecule has 1 amide bonds. The highest BCUT2D eigenvalue weighted by atomic mass is 32.2. The Labute approximate surface area is 183 Å². The molecule has 32 heavy (non-hydrogen) atoms. The van der Waals surface area contributed by atoms with E-state index in [1.54, 1.807) is 18.2 Å². The largest absolute Gasteiger partial charge is 0.497 e. The number of methoxy groups -OCH3 is 1. The van der Waals surface area contributed by atoms with Gasteiger partial charge in [0.2, 0.25) is 10.0 Å². The van der Waals surface area contributed by atoms with Crippen molar-refractivity contribution in [2.45, 2.75) is 4.90 Å². The topological polar surface area (TPSA) is 142 Å². The van der Waals surface area contributed by atoms with Gasteiger partial charge in [-0.15, -0.1) is 0 Å². The van der Waals surface area contributed by atoms with Gasteiger partial charge in [0, 0.05) is 31.7 Å². The highest BCUT2D eigenvalue weighted by molar-refractivity contribution is 7.89. The van der Waals surface area contributed by atoms with Crippen LogP contribution in [0, 0.1) is 5.82 Å². The van der Waals surface area contributed by atoms with Crippen molar-refractivity contribution in [1.82, 2.24) is 9.21 Å². The van der Waals surface area contributed by atoms with Crippen molar-refractivity contribution in [3.63, 3.8) is 0 Å². The van der Waals surface area contributed by atoms with Gasteiger partial charge in [0.1, 0.15) is 11.6 Å². The quantitative estimate of drug-likeness (QED) is 0.637. The number of halogens is 1. The van der Waals surface area contributed by atoms with Crippen LogP contribution in [0.25, 0.3) is 0 Å². The second kappa shape index (κ2) is 10.7. The molecule has 1 fully saturated rings. The van der Waals surface area contributed by atoms with Crippen molar-refractivity contribution in [3.05, 3.63) is 59.9 Å². The van der Waals surface area contributed by atoms with Gasteiger partial charge in [-0.05, 0) is 42.5 Å². The fraction of sp³-hybridized carbons (Fsp3) is 0.250. The molecule has 12 heteroatoms. The molecule has 0 atom stereocenters. The van der Waals surface area contributed by atoms with Gasteiger partial charge >= 0.3 is 11.9 Å². The van der Waals surface area contributed by atoms with Crippen molar-refractivity contribution < 1.29 is 42.1 Å². The number of benzene rings is 2. The summed E-state index contributed by atoms with van der Waals surface area (Å²) in [6, 6.07) is 11.7. The van der Waals surface area contributed by atoms with Gasteiger partial charge in [0.25, 0.3) is 5.91 Å². The SMILES string of the molecule is COc1ccc(S(=O)(=O)N2CCN(C(=O)c3cccc(F)c3)CC2)cc1.O=C(O)C(=O)O. The second-order valence-corrected chi connectivity index (χ2v) is 8.43. The van der Waals surface area contributed by atoms with Crippen LogP contribution in [0.3, 0.4) is 0 Å². The zero-order chi connectivity index (χ0) is 23.9. The Morgan fingerprint density at radius 1 is 0.938 bits per heavy atom. The van der Waals surface area contributed by atoms with Crippen molar-refractivity contribution in [2.75, 3.05) is 33.3 Å². The average molecular weight is 468 g/mol. The number of hydrogen-bond acceptors (Lipinski definition) is 6. The average Bonchev–Trinajstić information content (AvgIpc) is 2.79. The molecule has 1 aliphatic heterocycles. The maximum atomic E-state index is 13.3. The summed E-state index contributed by atoms with van der Waals surface area (Å²) >= 11 is 0. The minimum atomic E-state index is -3.63. The van der Waals surface area contributed by atoms with E-state index >= 15 is 0 Å². The fourth-order valence-corrected chi connectivity index (χ4v) is 4.25. The standard InChI is InChI=1S/C18H19FN2O4S.C2H2O4/c1-25-16-5-7-17(8-6-16)26(23,24)21-11-9-20(10-12-21)18(22)14-3-2-4-15(19)13-14;3-1(4)2(5)6/h2-8,13H,9-12H2,1H3;(H,3,4)(H,5,6). The predicted octanol–water partition coefficient (Wildman–Crippen LogP) is 1.14. The van der Waals surface area contributed by atoms with Crippen LogP contribution in [0.15, 0.2) is 53.4 Å². The van der Waals surface area contributed by atoms with Crippen molar-refractivity contribution in [1.29, 1.82) is 0 Å². The monoisotopic (exact) mass is 468 g/mol. The predicted molar refractivity (Wildman–Crippen MR) is 109 cm³/mol. The van der Waals surface area contributed by atoms with Crippen LogP contribution in [0.5, 0.6) is 5.75 Å². The molecule has 0 radical (unpaired) electrons. The first-order valence-electron chi connectivity index (χ1n) is 9.21. The number of piperazine rings is 1. The van der Waals surface area contributed by atoms with Gasteiger partial charge in [0.15, 0.2) is 0 Å². The first kappa shape index (κ1) is 24.8. The van der Waals surface area contributed by atoms with Crippen LogP contribution in [-0.2, 0) is 19.6 Å². The number of nitrogens with zero attached hydrogens (tertiary/aromatic N) is 2. The lowest BCUT2D eigenvalue weighted by Crippen LogP contribution is -2.50. The number of sulfonamides is 1. The second-order valence-electron chi connectivity index (χ2n) is 6.49. The first-order valence-corrected chi connectivity index (χ1v) is 10.7. The number of rotatable bonds is 4. The molecule has 0 saturated carbocycles. The van der Waals surface area contributed by atoms with Crippen LogP contribution in [-0.4, -0.2) is 79.0 Å². The number of carboxylic acids is 2. The fourth-order valence-electron chi connectivity index (χ4n) is 2.83. The molecule has 1 aliphatic rings. The Morgan fingerprint density at radius 2 is 1.50 bits per heavy atom. The summed E-state index contributed by atoms with van der Waals surface area (Å²) in [4.78, 5) is 32.3. The molecule has 0 spiro atoms. The first-order chi connectivity index (χ1) is 15.1. The van der Waals surface area contributed by atoms with Crippen molar-refractivity contribution in [3.8, 4) is 5.75 Å². The molecule has 2 N–H and O–H groups in total. The van der Waals surface area contributed by atoms with E-state index in [1.807, 2.05) is 0 Å². The molecule has 1 heterocycles. The molecule has 2 aromatic carbocycles. The number of ether oxygens (including phenoxy) is 1. The molecule has 1 saturated heterocycles. The Bertz CT molecular complexity index is 1070. The lowest BCUT2D eigenvalue weighted by atomic mass is 10.2. The smallest absolute Gasteiger partial charge is 0.414 e. The summed E-state index contributed by atoms with van der Waals surface area (Å²) in [6.45, 7) is 0.889. The van der Waals surface area contributed by atoms with Crippen LogP contribution in [0.1, 0.15) is 10.4 Å². The van der Waals surface area contributed by atoms with Crippen LogP contribution >= 0.6 is 0 Å². The van der Waals surface area contributed by atoms with Crippen LogP contribution in [0.2, 0.25) is 0 Å². The van der Waals surface area contributed by atoms with E-state index in [2.05, 4.69) is 0 Å². The Morgan fingerprint density at radius 3 is 1.97 bits per heavy atom. The minimum absolute atomic E-state index is 0.184. The van der Waals surface area contributed by atoms with E-state index in [0.29, 0.717) is 5.75 Å². The zero-order valence-corrected chi connectivity index (χ0v) is 17.8. The number of amides is 1. The lowest BCUT2D eigenvalue weighted by molar-refractivity contribution is -0.159. The molecule has 172 valence electrons. The van der Waals surface area contributed by atoms with Crippen molar-refractivity contribution >= 4 is 27.9 Å². The van der Waals surface area contributed by atoms with Crippen molar-refractivity contribution in [2.24, 2.45) is 0 Å². The maximum Gasteiger partial charge on any atom is 0.414 e. The molecule has 0 bridgehead atoms. The summed E-state index contributed by atoms with van der Waals surface area (Å²) in [6.07, 6.45) is 0. The van der Waals surface area contributed by atoms with Crippen LogP contribution in [0.4, 0.5) is 4.39 Å². The molecular weight excluding hydrogens is 447 g/mol.